The van der Waals surface area contributed by atoms with Gasteiger partial charge in [0.25, 0.3) is 0 Å². The van der Waals surface area contributed by atoms with Gasteiger partial charge in [-0.05, 0) is 13.3 Å². The molecule has 9 heavy (non-hydrogen) atoms. The lowest BCUT2D eigenvalue weighted by Crippen LogP contribution is -1.70. The molecule has 0 spiro atoms. The molecule has 0 unspecified atom stereocenters. The molecule has 0 amide bonds. The average Bonchev–Trinajstić information content (AvgIpc) is 1.89. The number of rotatable bonds is 5. The van der Waals surface area contributed by atoms with Crippen LogP contribution < -0.4 is 0 Å². The Labute approximate surface area is 65.9 Å². The van der Waals surface area contributed by atoms with Crippen molar-refractivity contribution in [1.29, 1.82) is 0 Å². The van der Waals surface area contributed by atoms with Gasteiger partial charge in [0.1, 0.15) is 0 Å². The summed E-state index contributed by atoms with van der Waals surface area (Å²) in [6, 6.07) is 0. The summed E-state index contributed by atoms with van der Waals surface area (Å²) in [7, 11) is 3.90. The summed E-state index contributed by atoms with van der Waals surface area (Å²) in [5, 5.41) is 0. The molecule has 0 aliphatic carbocycles. The van der Waals surface area contributed by atoms with Crippen LogP contribution in [0.15, 0.2) is 12.2 Å². The van der Waals surface area contributed by atoms with E-state index >= 15 is 0 Å². The molecule has 0 heterocycles. The van der Waals surface area contributed by atoms with Crippen molar-refractivity contribution in [2.24, 2.45) is 0 Å². The van der Waals surface area contributed by atoms with Gasteiger partial charge in [0.2, 0.25) is 0 Å². The van der Waals surface area contributed by atoms with Gasteiger partial charge >= 0.3 is 0 Å². The van der Waals surface area contributed by atoms with Crippen molar-refractivity contribution in [1.82, 2.24) is 0 Å². The van der Waals surface area contributed by atoms with Gasteiger partial charge in [-0.2, -0.15) is 0 Å². The number of allylic oxidation sites excluding steroid dienone is 2. The average molecular weight is 162 g/mol. The maximum Gasteiger partial charge on any atom is 0.00715 e. The highest BCUT2D eigenvalue weighted by molar-refractivity contribution is 8.76. The van der Waals surface area contributed by atoms with Gasteiger partial charge in [0.15, 0.2) is 0 Å². The summed E-state index contributed by atoms with van der Waals surface area (Å²) < 4.78 is 0. The van der Waals surface area contributed by atoms with Crippen LogP contribution in [0.3, 0.4) is 0 Å². The molecule has 0 bridgehead atoms. The Morgan fingerprint density at radius 1 is 1.33 bits per heavy atom. The first-order chi connectivity index (χ1) is 4.41. The van der Waals surface area contributed by atoms with Crippen molar-refractivity contribution in [2.75, 3.05) is 11.5 Å². The quantitative estimate of drug-likeness (QED) is 0.345. The molecule has 0 radical (unpaired) electrons. The summed E-state index contributed by atoms with van der Waals surface area (Å²) in [5.41, 5.74) is 0. The zero-order valence-electron chi connectivity index (χ0n) is 6.09. The molecule has 0 N–H and O–H groups in total. The fraction of sp³-hybridized carbons (Fsp3) is 0.714. The van der Waals surface area contributed by atoms with Gasteiger partial charge in [-0.1, -0.05) is 40.7 Å². The first-order valence-corrected chi connectivity index (χ1v) is 5.76. The molecule has 0 aromatic rings. The van der Waals surface area contributed by atoms with Crippen LogP contribution in [0, 0.1) is 0 Å². The normalized spacial score (nSPS) is 10.9. The maximum absolute atomic E-state index is 2.21. The van der Waals surface area contributed by atoms with Crippen molar-refractivity contribution in [3.63, 3.8) is 0 Å². The van der Waals surface area contributed by atoms with Gasteiger partial charge in [0, 0.05) is 11.5 Å². The van der Waals surface area contributed by atoms with E-state index in [1.807, 2.05) is 21.6 Å². The van der Waals surface area contributed by atoms with Crippen molar-refractivity contribution < 1.29 is 0 Å². The van der Waals surface area contributed by atoms with Crippen LogP contribution >= 0.6 is 21.6 Å². The van der Waals surface area contributed by atoms with E-state index in [9.17, 15) is 0 Å². The third-order valence-corrected chi connectivity index (χ3v) is 3.32. The van der Waals surface area contributed by atoms with Crippen LogP contribution in [-0.4, -0.2) is 11.5 Å². The van der Waals surface area contributed by atoms with E-state index in [4.69, 9.17) is 0 Å². The van der Waals surface area contributed by atoms with Crippen LogP contribution in [-0.2, 0) is 0 Å². The minimum atomic E-state index is 1.22. The van der Waals surface area contributed by atoms with E-state index in [2.05, 4.69) is 26.0 Å². The molecule has 54 valence electrons. The minimum absolute atomic E-state index is 1.22. The highest BCUT2D eigenvalue weighted by Gasteiger charge is 1.82. The Morgan fingerprint density at radius 3 is 2.67 bits per heavy atom. The first-order valence-electron chi connectivity index (χ1n) is 3.27. The predicted octanol–water partition coefficient (Wildman–Crippen LogP) is 3.35. The third-order valence-electron chi connectivity index (χ3n) is 0.805. The number of hydrogen-bond acceptors (Lipinski definition) is 2. The Hall–Kier alpha value is 0.440. The lowest BCUT2D eigenvalue weighted by atomic mass is 10.4. The molecule has 0 saturated heterocycles. The molecule has 0 aromatic carbocycles. The van der Waals surface area contributed by atoms with E-state index in [-0.39, 0.29) is 0 Å². The van der Waals surface area contributed by atoms with Gasteiger partial charge in [-0.3, -0.25) is 0 Å². The highest BCUT2D eigenvalue weighted by Crippen LogP contribution is 2.20. The molecule has 0 aliphatic rings. The van der Waals surface area contributed by atoms with E-state index in [1.54, 1.807) is 0 Å². The molecule has 0 nitrogen and oxygen atoms in total. The molecular formula is C7H14S2. The summed E-state index contributed by atoms with van der Waals surface area (Å²) in [6.45, 7) is 4.25. The summed E-state index contributed by atoms with van der Waals surface area (Å²) in [6.07, 6.45) is 5.54. The molecule has 0 saturated carbocycles. The maximum atomic E-state index is 2.21. The monoisotopic (exact) mass is 162 g/mol. The SMILES string of the molecule is CC=CCCSSCC. The molecule has 0 aliphatic heterocycles. The summed E-state index contributed by atoms with van der Waals surface area (Å²) in [4.78, 5) is 0. The van der Waals surface area contributed by atoms with E-state index in [0.717, 1.165) is 0 Å². The lowest BCUT2D eigenvalue weighted by molar-refractivity contribution is 1.24. The molecule has 0 aromatic heterocycles. The molecular weight excluding hydrogens is 148 g/mol. The van der Waals surface area contributed by atoms with Crippen molar-refractivity contribution in [2.45, 2.75) is 20.3 Å². The van der Waals surface area contributed by atoms with Crippen LogP contribution in [0.5, 0.6) is 0 Å². The minimum Gasteiger partial charge on any atom is -0.0944 e. The van der Waals surface area contributed by atoms with Gasteiger partial charge in [0.05, 0.1) is 0 Å². The predicted molar refractivity (Wildman–Crippen MR) is 50.0 cm³/mol. The second kappa shape index (κ2) is 8.44. The fourth-order valence-corrected chi connectivity index (χ4v) is 2.08. The Balaban J connectivity index is 2.75. The first kappa shape index (κ1) is 9.44. The topological polar surface area (TPSA) is 0 Å². The van der Waals surface area contributed by atoms with Gasteiger partial charge in [-0.15, -0.1) is 0 Å². The molecule has 0 atom stereocenters. The van der Waals surface area contributed by atoms with Crippen LogP contribution in [0.1, 0.15) is 20.3 Å². The Morgan fingerprint density at radius 2 is 2.11 bits per heavy atom. The summed E-state index contributed by atoms with van der Waals surface area (Å²) >= 11 is 0. The number of hydrogen-bond donors (Lipinski definition) is 0. The Bertz CT molecular complexity index is 69.3. The van der Waals surface area contributed by atoms with Crippen molar-refractivity contribution >= 4 is 21.6 Å². The van der Waals surface area contributed by atoms with E-state index in [0.29, 0.717) is 0 Å². The zero-order valence-corrected chi connectivity index (χ0v) is 7.73. The van der Waals surface area contributed by atoms with Gasteiger partial charge in [-0.25, -0.2) is 0 Å². The van der Waals surface area contributed by atoms with Crippen LogP contribution in [0.25, 0.3) is 0 Å². The lowest BCUT2D eigenvalue weighted by Gasteiger charge is -1.92. The van der Waals surface area contributed by atoms with E-state index < -0.39 is 0 Å². The van der Waals surface area contributed by atoms with Crippen LogP contribution in [0.4, 0.5) is 0 Å². The second-order valence-electron chi connectivity index (χ2n) is 1.59. The Kier molecular flexibility index (Phi) is 8.85. The third kappa shape index (κ3) is 8.44. The molecule has 0 rings (SSSR count). The van der Waals surface area contributed by atoms with Crippen LogP contribution in [0.2, 0.25) is 0 Å². The smallest absolute Gasteiger partial charge is 0.00715 e. The fourth-order valence-electron chi connectivity index (χ4n) is 0.425. The van der Waals surface area contributed by atoms with E-state index in [1.165, 1.54) is 17.9 Å². The molecule has 0 fully saturated rings. The van der Waals surface area contributed by atoms with Crippen molar-refractivity contribution in [3.8, 4) is 0 Å². The standard InChI is InChI=1S/C7H14S2/c1-3-5-6-7-9-8-4-2/h3,5H,4,6-7H2,1-2H3. The zero-order chi connectivity index (χ0) is 6.95. The highest BCUT2D eigenvalue weighted by atomic mass is 33.1. The van der Waals surface area contributed by atoms with Gasteiger partial charge < -0.3 is 0 Å². The van der Waals surface area contributed by atoms with Crippen molar-refractivity contribution in [3.05, 3.63) is 12.2 Å². The molecule has 2 heteroatoms. The summed E-state index contributed by atoms with van der Waals surface area (Å²) in [5.74, 6) is 2.48. The largest absolute Gasteiger partial charge is 0.0944 e. The second-order valence-corrected chi connectivity index (χ2v) is 4.46.